The third-order valence-electron chi connectivity index (χ3n) is 6.81. The van der Waals surface area contributed by atoms with Crippen LogP contribution in [0.2, 0.25) is 0 Å². The highest BCUT2D eigenvalue weighted by Gasteiger charge is 2.36. The van der Waals surface area contributed by atoms with Crippen LogP contribution in [0.3, 0.4) is 0 Å². The molecule has 202 valence electrons. The maximum absolute atomic E-state index is 13.3. The van der Waals surface area contributed by atoms with Gasteiger partial charge in [-0.3, -0.25) is 24.7 Å². The van der Waals surface area contributed by atoms with Crippen molar-refractivity contribution in [2.45, 2.75) is 25.7 Å². The van der Waals surface area contributed by atoms with Gasteiger partial charge in [0.15, 0.2) is 0 Å². The van der Waals surface area contributed by atoms with Crippen LogP contribution in [0, 0.1) is 10.1 Å². The number of nitro benzene ring substituents is 1. The summed E-state index contributed by atoms with van der Waals surface area (Å²) in [5, 5.41) is 17.1. The Morgan fingerprint density at radius 3 is 2.52 bits per heavy atom. The first-order chi connectivity index (χ1) is 19.3. The van der Waals surface area contributed by atoms with Crippen LogP contribution in [0.5, 0.6) is 0 Å². The smallest absolute Gasteiger partial charge is 0.269 e. The molecule has 3 aromatic carbocycles. The van der Waals surface area contributed by atoms with E-state index in [1.54, 1.807) is 12.3 Å². The standard InChI is InChI=1S/C30H28N6O4/c1-19(37)31-15-3-4-20-5-7-21(8-6-20)28(27-25-18-24(36(39)40)13-14-26(25)34-30(27)38)33-23-11-9-22(10-12-23)29-32-16-17-35(29)2/h5-14,16-18,27H,3-4,15H2,1-2H3,(H,31,37)(H,34,38). The third kappa shape index (κ3) is 5.65. The molecule has 1 atom stereocenters. The number of amides is 2. The number of nitrogens with one attached hydrogen (secondary N) is 2. The van der Waals surface area contributed by atoms with E-state index in [0.717, 1.165) is 35.4 Å². The van der Waals surface area contributed by atoms with Crippen LogP contribution in [0.4, 0.5) is 17.1 Å². The first-order valence-corrected chi connectivity index (χ1v) is 12.9. The Bertz CT molecular complexity index is 1610. The number of rotatable bonds is 9. The average Bonchev–Trinajstić information content (AvgIpc) is 3.52. The molecule has 2 amide bonds. The van der Waals surface area contributed by atoms with E-state index in [2.05, 4.69) is 15.6 Å². The molecule has 0 fully saturated rings. The summed E-state index contributed by atoms with van der Waals surface area (Å²) in [4.78, 5) is 44.7. The number of imidazole rings is 1. The molecule has 40 heavy (non-hydrogen) atoms. The lowest BCUT2D eigenvalue weighted by Crippen LogP contribution is -2.22. The van der Waals surface area contributed by atoms with Crippen LogP contribution >= 0.6 is 0 Å². The number of hydrogen-bond donors (Lipinski definition) is 2. The average molecular weight is 537 g/mol. The fraction of sp³-hybridized carbons (Fsp3) is 0.200. The number of aryl methyl sites for hydroxylation is 2. The number of benzene rings is 3. The molecule has 0 saturated heterocycles. The Morgan fingerprint density at radius 1 is 1.12 bits per heavy atom. The fourth-order valence-electron chi connectivity index (χ4n) is 4.80. The van der Waals surface area contributed by atoms with Gasteiger partial charge in [-0.05, 0) is 54.3 Å². The number of carbonyl (C=O) groups excluding carboxylic acids is 2. The van der Waals surface area contributed by atoms with Gasteiger partial charge in [0.1, 0.15) is 11.7 Å². The van der Waals surface area contributed by atoms with Gasteiger partial charge in [0.05, 0.1) is 16.3 Å². The summed E-state index contributed by atoms with van der Waals surface area (Å²) in [7, 11) is 1.92. The molecule has 2 N–H and O–H groups in total. The number of non-ortho nitro benzene ring substituents is 1. The Kier molecular flexibility index (Phi) is 7.50. The molecule has 0 bridgehead atoms. The summed E-state index contributed by atoms with van der Waals surface area (Å²) < 4.78 is 1.92. The van der Waals surface area contributed by atoms with Gasteiger partial charge in [-0.25, -0.2) is 4.98 Å². The monoisotopic (exact) mass is 536 g/mol. The number of nitrogens with zero attached hydrogens (tertiary/aromatic N) is 4. The molecule has 10 heteroatoms. The molecule has 4 aromatic rings. The molecule has 0 radical (unpaired) electrons. The van der Waals surface area contributed by atoms with E-state index >= 15 is 0 Å². The molecular weight excluding hydrogens is 508 g/mol. The minimum Gasteiger partial charge on any atom is -0.356 e. The molecule has 5 rings (SSSR count). The highest BCUT2D eigenvalue weighted by Crippen LogP contribution is 2.38. The van der Waals surface area contributed by atoms with Crippen molar-refractivity contribution in [3.63, 3.8) is 0 Å². The zero-order valence-electron chi connectivity index (χ0n) is 22.1. The van der Waals surface area contributed by atoms with Crippen LogP contribution in [-0.4, -0.2) is 38.5 Å². The maximum Gasteiger partial charge on any atom is 0.269 e. The molecule has 0 aliphatic carbocycles. The molecule has 1 aromatic heterocycles. The predicted octanol–water partition coefficient (Wildman–Crippen LogP) is 4.92. The van der Waals surface area contributed by atoms with Gasteiger partial charge in [-0.2, -0.15) is 0 Å². The van der Waals surface area contributed by atoms with Crippen molar-refractivity contribution in [3.05, 3.63) is 106 Å². The third-order valence-corrected chi connectivity index (χ3v) is 6.81. The first-order valence-electron chi connectivity index (χ1n) is 12.9. The van der Waals surface area contributed by atoms with E-state index in [9.17, 15) is 19.7 Å². The second-order valence-corrected chi connectivity index (χ2v) is 9.64. The Labute approximate surface area is 230 Å². The lowest BCUT2D eigenvalue weighted by atomic mass is 9.89. The van der Waals surface area contributed by atoms with Crippen LogP contribution in [0.15, 0.2) is 84.1 Å². The number of hydrogen-bond acceptors (Lipinski definition) is 6. The number of fused-ring (bicyclic) bond motifs is 1. The van der Waals surface area contributed by atoms with Crippen molar-refractivity contribution >= 4 is 34.6 Å². The normalized spacial score (nSPS) is 14.5. The maximum atomic E-state index is 13.3. The van der Waals surface area contributed by atoms with Gasteiger partial charge in [-0.15, -0.1) is 0 Å². The van der Waals surface area contributed by atoms with Gasteiger partial charge in [0.25, 0.3) is 5.69 Å². The number of nitro groups is 1. The van der Waals surface area contributed by atoms with Crippen LogP contribution in [0.1, 0.15) is 36.0 Å². The summed E-state index contributed by atoms with van der Waals surface area (Å²) in [6.07, 6.45) is 5.18. The second kappa shape index (κ2) is 11.3. The van der Waals surface area contributed by atoms with Gasteiger partial charge in [0, 0.05) is 61.9 Å². The molecule has 10 nitrogen and oxygen atoms in total. The van der Waals surface area contributed by atoms with Crippen molar-refractivity contribution in [2.75, 3.05) is 11.9 Å². The number of carbonyl (C=O) groups is 2. The van der Waals surface area contributed by atoms with Crippen LogP contribution in [0.25, 0.3) is 11.4 Å². The molecule has 0 spiro atoms. The van der Waals surface area contributed by atoms with E-state index < -0.39 is 10.8 Å². The van der Waals surface area contributed by atoms with E-state index in [0.29, 0.717) is 29.2 Å². The SMILES string of the molecule is CC(=O)NCCCc1ccc(C(=Nc2ccc(-c3nccn3C)cc2)C2C(=O)Nc3ccc([N+](=O)[O-])cc32)cc1. The van der Waals surface area contributed by atoms with Crippen molar-refractivity contribution in [3.8, 4) is 11.4 Å². The lowest BCUT2D eigenvalue weighted by molar-refractivity contribution is -0.384. The summed E-state index contributed by atoms with van der Waals surface area (Å²) >= 11 is 0. The summed E-state index contributed by atoms with van der Waals surface area (Å²) in [6.45, 7) is 2.09. The minimum absolute atomic E-state index is 0.0560. The van der Waals surface area contributed by atoms with Gasteiger partial charge in [0.2, 0.25) is 11.8 Å². The minimum atomic E-state index is -0.824. The Hall–Kier alpha value is -5.12. The summed E-state index contributed by atoms with van der Waals surface area (Å²) in [5.74, 6) is -0.353. The molecule has 2 heterocycles. The quantitative estimate of drug-likeness (QED) is 0.136. The molecule has 1 aliphatic rings. The van der Waals surface area contributed by atoms with Crippen molar-refractivity contribution in [1.82, 2.24) is 14.9 Å². The zero-order valence-corrected chi connectivity index (χ0v) is 22.1. The van der Waals surface area contributed by atoms with E-state index in [1.165, 1.54) is 19.1 Å². The van der Waals surface area contributed by atoms with E-state index in [4.69, 9.17) is 4.99 Å². The highest BCUT2D eigenvalue weighted by molar-refractivity contribution is 6.24. The van der Waals surface area contributed by atoms with Gasteiger partial charge in [-0.1, -0.05) is 24.3 Å². The number of aliphatic imine (C=N–C) groups is 1. The van der Waals surface area contributed by atoms with Gasteiger partial charge >= 0.3 is 0 Å². The summed E-state index contributed by atoms with van der Waals surface area (Å²) in [5.41, 5.74) is 4.84. The Balaban J connectivity index is 1.51. The molecule has 1 aliphatic heterocycles. The van der Waals surface area contributed by atoms with Gasteiger partial charge < -0.3 is 15.2 Å². The van der Waals surface area contributed by atoms with E-state index in [-0.39, 0.29) is 17.5 Å². The fourth-order valence-corrected chi connectivity index (χ4v) is 4.80. The number of aromatic nitrogens is 2. The zero-order chi connectivity index (χ0) is 28.2. The molecule has 0 saturated carbocycles. The summed E-state index contributed by atoms with van der Waals surface area (Å²) in [6, 6.07) is 19.7. The van der Waals surface area contributed by atoms with Crippen LogP contribution < -0.4 is 10.6 Å². The lowest BCUT2D eigenvalue weighted by Gasteiger charge is -2.15. The largest absolute Gasteiger partial charge is 0.356 e. The highest BCUT2D eigenvalue weighted by atomic mass is 16.6. The van der Waals surface area contributed by atoms with Crippen molar-refractivity contribution in [1.29, 1.82) is 0 Å². The van der Waals surface area contributed by atoms with Crippen LogP contribution in [-0.2, 0) is 23.1 Å². The molecular formula is C30H28N6O4. The van der Waals surface area contributed by atoms with Crippen molar-refractivity contribution in [2.24, 2.45) is 12.0 Å². The topological polar surface area (TPSA) is 132 Å². The number of anilines is 1. The Morgan fingerprint density at radius 2 is 1.88 bits per heavy atom. The first kappa shape index (κ1) is 26.5. The predicted molar refractivity (Wildman–Crippen MR) is 153 cm³/mol. The second-order valence-electron chi connectivity index (χ2n) is 9.64. The van der Waals surface area contributed by atoms with E-state index in [1.807, 2.05) is 66.3 Å². The van der Waals surface area contributed by atoms with Crippen molar-refractivity contribution < 1.29 is 14.5 Å². The molecule has 1 unspecified atom stereocenters.